The molecule has 0 saturated heterocycles. The second-order valence-corrected chi connectivity index (χ2v) is 4.89. The minimum Gasteiger partial charge on any atom is -0.372 e. The Hall–Kier alpha value is -2.31. The Balaban J connectivity index is 2.34. The van der Waals surface area contributed by atoms with Gasteiger partial charge in [-0.3, -0.25) is 5.73 Å². The number of halogens is 1. The average Bonchev–Trinajstić information content (AvgIpc) is 2.94. The van der Waals surface area contributed by atoms with Crippen LogP contribution in [0.2, 0.25) is 0 Å². The Morgan fingerprint density at radius 1 is 1.38 bits per heavy atom. The van der Waals surface area contributed by atoms with Crippen LogP contribution in [-0.4, -0.2) is 19.7 Å². The first-order valence-corrected chi connectivity index (χ1v) is 6.64. The Labute approximate surface area is 120 Å². The maximum Gasteiger partial charge on any atom is 0.153 e. The van der Waals surface area contributed by atoms with E-state index in [4.69, 9.17) is 5.73 Å². The molecular weight excluding hydrogens is 271 g/mol. The summed E-state index contributed by atoms with van der Waals surface area (Å²) in [6, 6.07) is 7.90. The highest BCUT2D eigenvalue weighted by Crippen LogP contribution is 2.31. The van der Waals surface area contributed by atoms with Crippen molar-refractivity contribution in [3.63, 3.8) is 0 Å². The molecule has 0 aliphatic carbocycles. The lowest BCUT2D eigenvalue weighted by Crippen LogP contribution is -2.36. The molecule has 1 atom stereocenters. The van der Waals surface area contributed by atoms with Gasteiger partial charge in [0.1, 0.15) is 17.2 Å². The fraction of sp³-hybridized carbons (Fsp3) is 0.200. The number of aromatic nitrogens is 3. The van der Waals surface area contributed by atoms with E-state index in [-0.39, 0.29) is 6.42 Å². The normalized spacial score (nSPS) is 14.3. The van der Waals surface area contributed by atoms with Gasteiger partial charge in [-0.05, 0) is 24.6 Å². The van der Waals surface area contributed by atoms with Gasteiger partial charge in [0.05, 0.1) is 0 Å². The van der Waals surface area contributed by atoms with E-state index >= 15 is 0 Å². The SMILES string of the molecule is CCC(N)(O)c1cc2nccn2nc1-c1ccccc1F. The first-order chi connectivity index (χ1) is 10.0. The third-order valence-corrected chi connectivity index (χ3v) is 3.52. The summed E-state index contributed by atoms with van der Waals surface area (Å²) >= 11 is 0. The van der Waals surface area contributed by atoms with Gasteiger partial charge < -0.3 is 5.11 Å². The lowest BCUT2D eigenvalue weighted by atomic mass is 9.96. The topological polar surface area (TPSA) is 76.4 Å². The van der Waals surface area contributed by atoms with Crippen molar-refractivity contribution >= 4 is 5.65 Å². The largest absolute Gasteiger partial charge is 0.372 e. The molecule has 0 bridgehead atoms. The second kappa shape index (κ2) is 4.91. The van der Waals surface area contributed by atoms with Crippen molar-refractivity contribution in [2.45, 2.75) is 19.1 Å². The number of hydrogen-bond donors (Lipinski definition) is 2. The van der Waals surface area contributed by atoms with E-state index in [1.54, 1.807) is 43.6 Å². The number of benzene rings is 1. The van der Waals surface area contributed by atoms with Gasteiger partial charge in [0.15, 0.2) is 5.65 Å². The lowest BCUT2D eigenvalue weighted by Gasteiger charge is -2.24. The highest BCUT2D eigenvalue weighted by atomic mass is 19.1. The number of fused-ring (bicyclic) bond motifs is 1. The number of imidazole rings is 1. The van der Waals surface area contributed by atoms with Crippen molar-refractivity contribution in [2.75, 3.05) is 0 Å². The van der Waals surface area contributed by atoms with Crippen molar-refractivity contribution in [2.24, 2.45) is 5.73 Å². The Morgan fingerprint density at radius 2 is 2.14 bits per heavy atom. The molecule has 3 rings (SSSR count). The van der Waals surface area contributed by atoms with E-state index in [9.17, 15) is 9.50 Å². The minimum atomic E-state index is -1.60. The molecule has 6 heteroatoms. The van der Waals surface area contributed by atoms with Gasteiger partial charge in [0.25, 0.3) is 0 Å². The lowest BCUT2D eigenvalue weighted by molar-refractivity contribution is 0.0397. The average molecular weight is 286 g/mol. The van der Waals surface area contributed by atoms with Gasteiger partial charge >= 0.3 is 0 Å². The molecule has 0 aliphatic rings. The zero-order chi connectivity index (χ0) is 15.0. The van der Waals surface area contributed by atoms with Crippen molar-refractivity contribution in [1.82, 2.24) is 14.6 Å². The Morgan fingerprint density at radius 3 is 2.86 bits per heavy atom. The molecule has 3 aromatic rings. The molecule has 2 aromatic heterocycles. The highest BCUT2D eigenvalue weighted by Gasteiger charge is 2.28. The van der Waals surface area contributed by atoms with Gasteiger partial charge in [-0.15, -0.1) is 0 Å². The molecule has 0 spiro atoms. The molecular formula is C15H15FN4O. The number of aliphatic hydroxyl groups is 1. The van der Waals surface area contributed by atoms with Crippen molar-refractivity contribution in [1.29, 1.82) is 0 Å². The van der Waals surface area contributed by atoms with E-state index in [0.717, 1.165) is 0 Å². The van der Waals surface area contributed by atoms with Crippen LogP contribution in [0, 0.1) is 5.82 Å². The Kier molecular flexibility index (Phi) is 3.19. The first-order valence-electron chi connectivity index (χ1n) is 6.64. The van der Waals surface area contributed by atoms with Crippen LogP contribution in [0.1, 0.15) is 18.9 Å². The minimum absolute atomic E-state index is 0.271. The van der Waals surface area contributed by atoms with Gasteiger partial charge in [0, 0.05) is 23.5 Å². The number of rotatable bonds is 3. The van der Waals surface area contributed by atoms with E-state index in [0.29, 0.717) is 22.5 Å². The highest BCUT2D eigenvalue weighted by molar-refractivity contribution is 5.66. The van der Waals surface area contributed by atoms with Crippen LogP contribution in [0.15, 0.2) is 42.7 Å². The van der Waals surface area contributed by atoms with Gasteiger partial charge in [-0.1, -0.05) is 19.1 Å². The van der Waals surface area contributed by atoms with Gasteiger partial charge in [-0.25, -0.2) is 13.9 Å². The first kappa shape index (κ1) is 13.7. The summed E-state index contributed by atoms with van der Waals surface area (Å²) in [6.45, 7) is 1.75. The molecule has 108 valence electrons. The van der Waals surface area contributed by atoms with Crippen LogP contribution >= 0.6 is 0 Å². The number of hydrogen-bond acceptors (Lipinski definition) is 4. The molecule has 0 saturated carbocycles. The van der Waals surface area contributed by atoms with E-state index < -0.39 is 11.5 Å². The van der Waals surface area contributed by atoms with Gasteiger partial charge in [-0.2, -0.15) is 5.10 Å². The standard InChI is InChI=1S/C15H15FN4O/c1-2-15(17,21)11-9-13-18-7-8-20(13)19-14(11)10-5-3-4-6-12(10)16/h3-9,21H,2,17H2,1H3. The summed E-state index contributed by atoms with van der Waals surface area (Å²) in [6.07, 6.45) is 3.51. The summed E-state index contributed by atoms with van der Waals surface area (Å²) in [5.74, 6) is -0.419. The maximum absolute atomic E-state index is 14.1. The molecule has 0 amide bonds. The molecule has 1 aromatic carbocycles. The summed E-state index contributed by atoms with van der Waals surface area (Å²) in [5, 5.41) is 14.8. The molecule has 3 N–H and O–H groups in total. The summed E-state index contributed by atoms with van der Waals surface area (Å²) in [5.41, 5.74) is 5.84. The second-order valence-electron chi connectivity index (χ2n) is 4.89. The molecule has 1 unspecified atom stereocenters. The van der Waals surface area contributed by atoms with Crippen LogP contribution in [0.3, 0.4) is 0 Å². The van der Waals surface area contributed by atoms with Crippen molar-refractivity contribution in [3.8, 4) is 11.3 Å². The zero-order valence-electron chi connectivity index (χ0n) is 11.5. The summed E-state index contributed by atoms with van der Waals surface area (Å²) < 4.78 is 15.6. The summed E-state index contributed by atoms with van der Waals surface area (Å²) in [4.78, 5) is 4.12. The smallest absolute Gasteiger partial charge is 0.153 e. The molecule has 21 heavy (non-hydrogen) atoms. The predicted molar refractivity (Wildman–Crippen MR) is 76.8 cm³/mol. The fourth-order valence-corrected chi connectivity index (χ4v) is 2.23. The third-order valence-electron chi connectivity index (χ3n) is 3.52. The predicted octanol–water partition coefficient (Wildman–Crippen LogP) is 2.05. The summed E-state index contributed by atoms with van der Waals surface area (Å²) in [7, 11) is 0. The van der Waals surface area contributed by atoms with Crippen molar-refractivity contribution < 1.29 is 9.50 Å². The van der Waals surface area contributed by atoms with E-state index in [1.165, 1.54) is 10.6 Å². The van der Waals surface area contributed by atoms with Crippen LogP contribution in [-0.2, 0) is 5.72 Å². The molecule has 0 fully saturated rings. The zero-order valence-corrected chi connectivity index (χ0v) is 11.5. The van der Waals surface area contributed by atoms with Crippen molar-refractivity contribution in [3.05, 3.63) is 54.1 Å². The molecule has 0 aliphatic heterocycles. The van der Waals surface area contributed by atoms with Crippen LogP contribution in [0.25, 0.3) is 16.9 Å². The van der Waals surface area contributed by atoms with Gasteiger partial charge in [0.2, 0.25) is 0 Å². The number of nitrogens with two attached hydrogens (primary N) is 1. The fourth-order valence-electron chi connectivity index (χ4n) is 2.23. The quantitative estimate of drug-likeness (QED) is 0.722. The van der Waals surface area contributed by atoms with Crippen LogP contribution in [0.5, 0.6) is 0 Å². The maximum atomic E-state index is 14.1. The molecule has 2 heterocycles. The molecule has 5 nitrogen and oxygen atoms in total. The van der Waals surface area contributed by atoms with E-state index in [1.807, 2.05) is 0 Å². The van der Waals surface area contributed by atoms with E-state index in [2.05, 4.69) is 10.1 Å². The van der Waals surface area contributed by atoms with Crippen LogP contribution in [0.4, 0.5) is 4.39 Å². The third kappa shape index (κ3) is 2.28. The van der Waals surface area contributed by atoms with Crippen LogP contribution < -0.4 is 5.73 Å². The monoisotopic (exact) mass is 286 g/mol. The Bertz CT molecular complexity index is 797. The number of nitrogens with zero attached hydrogens (tertiary/aromatic N) is 3. The molecule has 0 radical (unpaired) electrons.